The number of carboxylic acids is 1. The third-order valence-corrected chi connectivity index (χ3v) is 3.22. The average molecular weight is 274 g/mol. The quantitative estimate of drug-likeness (QED) is 0.931. The van der Waals surface area contributed by atoms with Crippen molar-refractivity contribution >= 4 is 5.97 Å². The summed E-state index contributed by atoms with van der Waals surface area (Å²) in [7, 11) is 3.32. The van der Waals surface area contributed by atoms with Crippen LogP contribution in [0, 0.1) is 0 Å². The largest absolute Gasteiger partial charge is 0.496 e. The SMILES string of the molecule is COc1ccc(-c2cn(C)c(C(=O)O)n2)cc1C(C)C. The van der Waals surface area contributed by atoms with Crippen LogP contribution in [0.15, 0.2) is 24.4 Å². The first-order chi connectivity index (χ1) is 9.43. The smallest absolute Gasteiger partial charge is 0.372 e. The van der Waals surface area contributed by atoms with Crippen LogP contribution >= 0.6 is 0 Å². The number of carboxylic acid groups (broad SMARTS) is 1. The first-order valence-electron chi connectivity index (χ1n) is 6.39. The zero-order chi connectivity index (χ0) is 14.9. The summed E-state index contributed by atoms with van der Waals surface area (Å²) in [5.41, 5.74) is 2.61. The van der Waals surface area contributed by atoms with Gasteiger partial charge in [0, 0.05) is 18.8 Å². The molecule has 0 fully saturated rings. The number of carbonyl (C=O) groups is 1. The van der Waals surface area contributed by atoms with Crippen LogP contribution < -0.4 is 4.74 Å². The Bertz CT molecular complexity index is 645. The average Bonchev–Trinajstić information content (AvgIpc) is 2.80. The number of ether oxygens (including phenoxy) is 1. The second kappa shape index (κ2) is 5.36. The number of hydrogen-bond donors (Lipinski definition) is 1. The summed E-state index contributed by atoms with van der Waals surface area (Å²) in [6.45, 7) is 4.17. The second-order valence-corrected chi connectivity index (χ2v) is 4.98. The molecule has 20 heavy (non-hydrogen) atoms. The fourth-order valence-corrected chi connectivity index (χ4v) is 2.15. The Labute approximate surface area is 117 Å². The van der Waals surface area contributed by atoms with Crippen molar-refractivity contribution in [3.8, 4) is 17.0 Å². The molecule has 0 bridgehead atoms. The first kappa shape index (κ1) is 14.1. The van der Waals surface area contributed by atoms with Crippen molar-refractivity contribution in [2.45, 2.75) is 19.8 Å². The van der Waals surface area contributed by atoms with Crippen molar-refractivity contribution in [2.24, 2.45) is 7.05 Å². The van der Waals surface area contributed by atoms with Gasteiger partial charge in [0.25, 0.3) is 0 Å². The van der Waals surface area contributed by atoms with E-state index in [-0.39, 0.29) is 5.82 Å². The Kier molecular flexibility index (Phi) is 3.79. The number of rotatable bonds is 4. The van der Waals surface area contributed by atoms with Gasteiger partial charge < -0.3 is 14.4 Å². The summed E-state index contributed by atoms with van der Waals surface area (Å²) >= 11 is 0. The maximum atomic E-state index is 11.0. The fourth-order valence-electron chi connectivity index (χ4n) is 2.15. The maximum Gasteiger partial charge on any atom is 0.372 e. The molecule has 0 amide bonds. The van der Waals surface area contributed by atoms with Crippen LogP contribution in [0.25, 0.3) is 11.3 Å². The molecule has 0 atom stereocenters. The molecule has 5 heteroatoms. The molecule has 2 aromatic rings. The van der Waals surface area contributed by atoms with E-state index >= 15 is 0 Å². The molecule has 0 radical (unpaired) electrons. The Hall–Kier alpha value is -2.30. The van der Waals surface area contributed by atoms with E-state index < -0.39 is 5.97 Å². The maximum absolute atomic E-state index is 11.0. The number of aromatic nitrogens is 2. The zero-order valence-electron chi connectivity index (χ0n) is 12.0. The van der Waals surface area contributed by atoms with Gasteiger partial charge in [0.15, 0.2) is 0 Å². The molecule has 0 saturated heterocycles. The van der Waals surface area contributed by atoms with Crippen LogP contribution in [-0.2, 0) is 7.05 Å². The number of hydrogen-bond acceptors (Lipinski definition) is 3. The normalized spacial score (nSPS) is 10.8. The van der Waals surface area contributed by atoms with Crippen LogP contribution in [0.3, 0.4) is 0 Å². The third kappa shape index (κ3) is 2.52. The highest BCUT2D eigenvalue weighted by molar-refractivity contribution is 5.84. The molecule has 0 aliphatic carbocycles. The fraction of sp³-hybridized carbons (Fsp3) is 0.333. The van der Waals surface area contributed by atoms with E-state index in [1.54, 1.807) is 20.4 Å². The Morgan fingerprint density at radius 1 is 1.40 bits per heavy atom. The standard InChI is InChI=1S/C15H18N2O3/c1-9(2)11-7-10(5-6-13(11)20-4)12-8-17(3)14(16-12)15(18)19/h5-9H,1-4H3,(H,18,19). The first-order valence-corrected chi connectivity index (χ1v) is 6.39. The molecule has 0 unspecified atom stereocenters. The molecule has 0 aliphatic heterocycles. The number of aromatic carboxylic acids is 1. The lowest BCUT2D eigenvalue weighted by molar-refractivity contribution is 0.0680. The Morgan fingerprint density at radius 2 is 2.10 bits per heavy atom. The Morgan fingerprint density at radius 3 is 2.60 bits per heavy atom. The monoisotopic (exact) mass is 274 g/mol. The minimum atomic E-state index is -1.03. The van der Waals surface area contributed by atoms with Gasteiger partial charge in [-0.2, -0.15) is 0 Å². The highest BCUT2D eigenvalue weighted by Gasteiger charge is 2.15. The molecular formula is C15H18N2O3. The van der Waals surface area contributed by atoms with Crippen LogP contribution in [0.2, 0.25) is 0 Å². The van der Waals surface area contributed by atoms with Crippen LogP contribution in [-0.4, -0.2) is 27.7 Å². The van der Waals surface area contributed by atoms with E-state index in [0.717, 1.165) is 16.9 Å². The highest BCUT2D eigenvalue weighted by Crippen LogP contribution is 2.31. The van der Waals surface area contributed by atoms with E-state index in [9.17, 15) is 4.79 Å². The van der Waals surface area contributed by atoms with Crippen LogP contribution in [0.5, 0.6) is 5.75 Å². The summed E-state index contributed by atoms with van der Waals surface area (Å²) in [5.74, 6) is 0.143. The van der Waals surface area contributed by atoms with Gasteiger partial charge in [-0.15, -0.1) is 0 Å². The molecule has 5 nitrogen and oxygen atoms in total. The van der Waals surface area contributed by atoms with Crippen LogP contribution in [0.1, 0.15) is 35.9 Å². The van der Waals surface area contributed by atoms with Crippen LogP contribution in [0.4, 0.5) is 0 Å². The predicted molar refractivity (Wildman–Crippen MR) is 76.2 cm³/mol. The van der Waals surface area contributed by atoms with Gasteiger partial charge in [0.05, 0.1) is 12.8 Å². The van der Waals surface area contributed by atoms with Crippen molar-refractivity contribution in [1.29, 1.82) is 0 Å². The van der Waals surface area contributed by atoms with Gasteiger partial charge in [-0.05, 0) is 29.7 Å². The van der Waals surface area contributed by atoms with Gasteiger partial charge in [-0.3, -0.25) is 0 Å². The molecule has 1 aromatic heterocycles. The second-order valence-electron chi connectivity index (χ2n) is 4.98. The van der Waals surface area contributed by atoms with Gasteiger partial charge >= 0.3 is 5.97 Å². The molecule has 0 saturated carbocycles. The predicted octanol–water partition coefficient (Wildman–Crippen LogP) is 2.92. The molecule has 2 rings (SSSR count). The summed E-state index contributed by atoms with van der Waals surface area (Å²) in [6.07, 6.45) is 1.72. The van der Waals surface area contributed by atoms with Crippen molar-refractivity contribution < 1.29 is 14.6 Å². The van der Waals surface area contributed by atoms with Gasteiger partial charge in [-0.1, -0.05) is 13.8 Å². The van der Waals surface area contributed by atoms with E-state index in [2.05, 4.69) is 18.8 Å². The van der Waals surface area contributed by atoms with E-state index in [0.29, 0.717) is 11.6 Å². The Balaban J connectivity index is 2.50. The van der Waals surface area contributed by atoms with Crippen molar-refractivity contribution in [3.63, 3.8) is 0 Å². The van der Waals surface area contributed by atoms with Gasteiger partial charge in [0.1, 0.15) is 5.75 Å². The minimum Gasteiger partial charge on any atom is -0.496 e. The molecule has 1 heterocycles. The molecule has 0 spiro atoms. The molecule has 106 valence electrons. The van der Waals surface area contributed by atoms with E-state index in [1.165, 1.54) is 4.57 Å². The number of benzene rings is 1. The summed E-state index contributed by atoms with van der Waals surface area (Å²) in [4.78, 5) is 15.2. The molecular weight excluding hydrogens is 256 g/mol. The zero-order valence-corrected chi connectivity index (χ0v) is 12.0. The van der Waals surface area contributed by atoms with Gasteiger partial charge in [0.2, 0.25) is 5.82 Å². The summed E-state index contributed by atoms with van der Waals surface area (Å²) in [6, 6.07) is 5.77. The minimum absolute atomic E-state index is 0.0296. The van der Waals surface area contributed by atoms with Crippen molar-refractivity contribution in [2.75, 3.05) is 7.11 Å². The number of aryl methyl sites for hydroxylation is 1. The third-order valence-electron chi connectivity index (χ3n) is 3.22. The van der Waals surface area contributed by atoms with E-state index in [1.807, 2.05) is 18.2 Å². The highest BCUT2D eigenvalue weighted by atomic mass is 16.5. The molecule has 0 aliphatic rings. The molecule has 1 N–H and O–H groups in total. The van der Waals surface area contributed by atoms with Crippen molar-refractivity contribution in [1.82, 2.24) is 9.55 Å². The molecule has 1 aromatic carbocycles. The lowest BCUT2D eigenvalue weighted by Crippen LogP contribution is -2.04. The van der Waals surface area contributed by atoms with Crippen molar-refractivity contribution in [3.05, 3.63) is 35.8 Å². The lowest BCUT2D eigenvalue weighted by atomic mass is 9.98. The number of imidazole rings is 1. The number of methoxy groups -OCH3 is 1. The number of nitrogens with zero attached hydrogens (tertiary/aromatic N) is 2. The van der Waals surface area contributed by atoms with Gasteiger partial charge in [-0.25, -0.2) is 9.78 Å². The lowest BCUT2D eigenvalue weighted by Gasteiger charge is -2.12. The summed E-state index contributed by atoms with van der Waals surface area (Å²) < 4.78 is 6.86. The van der Waals surface area contributed by atoms with E-state index in [4.69, 9.17) is 9.84 Å². The summed E-state index contributed by atoms with van der Waals surface area (Å²) in [5, 5.41) is 9.05. The topological polar surface area (TPSA) is 64.3 Å².